The van der Waals surface area contributed by atoms with Gasteiger partial charge in [0.25, 0.3) is 0 Å². The van der Waals surface area contributed by atoms with E-state index in [2.05, 4.69) is 34.4 Å². The quantitative estimate of drug-likeness (QED) is 0.401. The molecule has 0 saturated heterocycles. The number of thioether (sulfide) groups is 1. The number of hydrogen-bond donors (Lipinski definition) is 1. The smallest absolute Gasteiger partial charge is 0.205 e. The Kier molecular flexibility index (Phi) is 3.67. The first-order valence-corrected chi connectivity index (χ1v) is 8.91. The van der Waals surface area contributed by atoms with E-state index in [0.717, 1.165) is 34.7 Å². The fraction of sp³-hybridized carbons (Fsp3) is 0.111. The van der Waals surface area contributed by atoms with Crippen molar-refractivity contribution in [1.29, 1.82) is 0 Å². The molecular formula is C18H14N2OS2. The van der Waals surface area contributed by atoms with Crippen molar-refractivity contribution in [2.75, 3.05) is 6.26 Å². The molecule has 0 saturated carbocycles. The van der Waals surface area contributed by atoms with Gasteiger partial charge in [0.2, 0.25) is 5.88 Å². The third-order valence-corrected chi connectivity index (χ3v) is 4.97. The molecule has 4 rings (SSSR count). The lowest BCUT2D eigenvalue weighted by molar-refractivity contribution is 0.439. The Bertz CT molecular complexity index is 932. The maximum absolute atomic E-state index is 6.00. The maximum Gasteiger partial charge on any atom is 0.205 e. The van der Waals surface area contributed by atoms with Crippen LogP contribution in [0.25, 0.3) is 11.4 Å². The third-order valence-electron chi connectivity index (χ3n) is 3.89. The average Bonchev–Trinajstić information content (AvgIpc) is 2.60. The highest BCUT2D eigenvalue weighted by Crippen LogP contribution is 2.36. The van der Waals surface area contributed by atoms with E-state index in [1.807, 2.05) is 30.3 Å². The number of aromatic amines is 1. The number of nitrogens with zero attached hydrogens (tertiary/aromatic N) is 1. The van der Waals surface area contributed by atoms with Crippen LogP contribution in [0, 0.1) is 4.64 Å². The zero-order valence-corrected chi connectivity index (χ0v) is 14.1. The molecule has 0 radical (unpaired) electrons. The molecule has 3 nitrogen and oxygen atoms in total. The van der Waals surface area contributed by atoms with Gasteiger partial charge in [0.05, 0.1) is 5.56 Å². The molecule has 0 aliphatic carbocycles. The zero-order valence-electron chi connectivity index (χ0n) is 12.5. The Morgan fingerprint density at radius 1 is 1.13 bits per heavy atom. The number of benzene rings is 2. The molecule has 2 aromatic carbocycles. The molecule has 1 aliphatic heterocycles. The molecule has 3 aromatic rings. The minimum absolute atomic E-state index is 0.595. The van der Waals surface area contributed by atoms with Gasteiger partial charge >= 0.3 is 0 Å². The average molecular weight is 338 g/mol. The molecule has 2 heterocycles. The Balaban J connectivity index is 1.78. The van der Waals surface area contributed by atoms with Gasteiger partial charge in [-0.25, -0.2) is 4.98 Å². The monoisotopic (exact) mass is 338 g/mol. The second-order valence-corrected chi connectivity index (χ2v) is 6.58. The Labute approximate surface area is 143 Å². The first-order valence-electron chi connectivity index (χ1n) is 7.28. The number of hydrogen-bond acceptors (Lipinski definition) is 4. The Morgan fingerprint density at radius 2 is 1.91 bits per heavy atom. The van der Waals surface area contributed by atoms with Crippen molar-refractivity contribution in [2.45, 2.75) is 11.3 Å². The Morgan fingerprint density at radius 3 is 2.70 bits per heavy atom. The fourth-order valence-corrected chi connectivity index (χ4v) is 3.32. The largest absolute Gasteiger partial charge is 0.440 e. The van der Waals surface area contributed by atoms with E-state index in [1.165, 1.54) is 4.90 Å². The summed E-state index contributed by atoms with van der Waals surface area (Å²) in [5, 5.41) is 0. The van der Waals surface area contributed by atoms with Gasteiger partial charge in [0, 0.05) is 16.9 Å². The summed E-state index contributed by atoms with van der Waals surface area (Å²) in [5.74, 6) is 2.31. The van der Waals surface area contributed by atoms with Crippen molar-refractivity contribution in [1.82, 2.24) is 9.97 Å². The van der Waals surface area contributed by atoms with Crippen LogP contribution in [0.15, 0.2) is 53.4 Å². The standard InChI is InChI=1S/C18H14N2OS2/c1-23-13-8-6-11(7-9-13)16-19-17-14(18(22)20-16)10-12-4-2-3-5-15(12)21-17/h2-9H,10H2,1H3,(H,19,20,22). The number of para-hydroxylation sites is 1. The highest BCUT2D eigenvalue weighted by Gasteiger charge is 2.20. The van der Waals surface area contributed by atoms with Crippen LogP contribution in [-0.2, 0) is 6.42 Å². The van der Waals surface area contributed by atoms with Gasteiger partial charge < -0.3 is 9.72 Å². The molecular weight excluding hydrogens is 324 g/mol. The lowest BCUT2D eigenvalue weighted by Crippen LogP contribution is -2.07. The van der Waals surface area contributed by atoms with E-state index in [1.54, 1.807) is 11.8 Å². The van der Waals surface area contributed by atoms with E-state index >= 15 is 0 Å². The molecule has 23 heavy (non-hydrogen) atoms. The predicted molar refractivity (Wildman–Crippen MR) is 96.0 cm³/mol. The fourth-order valence-electron chi connectivity index (χ4n) is 2.66. The van der Waals surface area contributed by atoms with Crippen molar-refractivity contribution in [2.24, 2.45) is 0 Å². The summed E-state index contributed by atoms with van der Waals surface area (Å²) in [6.07, 6.45) is 2.81. The minimum Gasteiger partial charge on any atom is -0.440 e. The summed E-state index contributed by atoms with van der Waals surface area (Å²) in [6.45, 7) is 0. The van der Waals surface area contributed by atoms with Crippen LogP contribution in [0.5, 0.6) is 11.6 Å². The van der Waals surface area contributed by atoms with Gasteiger partial charge in [-0.3, -0.25) is 0 Å². The van der Waals surface area contributed by atoms with Crippen LogP contribution in [0.2, 0.25) is 0 Å². The van der Waals surface area contributed by atoms with Gasteiger partial charge in [-0.1, -0.05) is 42.5 Å². The molecule has 0 atom stereocenters. The van der Waals surface area contributed by atoms with Gasteiger partial charge in [0.15, 0.2) is 0 Å². The van der Waals surface area contributed by atoms with E-state index < -0.39 is 0 Å². The van der Waals surface area contributed by atoms with Crippen molar-refractivity contribution in [3.8, 4) is 23.0 Å². The summed E-state index contributed by atoms with van der Waals surface area (Å²) in [6, 6.07) is 16.3. The second-order valence-electron chi connectivity index (χ2n) is 5.31. The van der Waals surface area contributed by atoms with E-state index in [9.17, 15) is 0 Å². The molecule has 1 aromatic heterocycles. The van der Waals surface area contributed by atoms with Crippen LogP contribution < -0.4 is 4.74 Å². The van der Waals surface area contributed by atoms with E-state index in [0.29, 0.717) is 10.5 Å². The van der Waals surface area contributed by atoms with Crippen LogP contribution in [0.3, 0.4) is 0 Å². The van der Waals surface area contributed by atoms with Gasteiger partial charge in [-0.05, 0) is 30.0 Å². The highest BCUT2D eigenvalue weighted by molar-refractivity contribution is 7.98. The maximum atomic E-state index is 6.00. The number of aromatic nitrogens is 2. The minimum atomic E-state index is 0.595. The van der Waals surface area contributed by atoms with Crippen LogP contribution in [-0.4, -0.2) is 16.2 Å². The molecule has 1 N–H and O–H groups in total. The molecule has 0 fully saturated rings. The molecule has 1 aliphatic rings. The third kappa shape index (κ3) is 2.66. The van der Waals surface area contributed by atoms with Crippen molar-refractivity contribution in [3.63, 3.8) is 0 Å². The normalized spacial score (nSPS) is 12.2. The molecule has 0 bridgehead atoms. The number of nitrogens with one attached hydrogen (secondary N) is 1. The molecule has 114 valence electrons. The molecule has 0 unspecified atom stereocenters. The second kappa shape index (κ2) is 5.83. The summed E-state index contributed by atoms with van der Waals surface area (Å²) >= 11 is 7.20. The summed E-state index contributed by atoms with van der Waals surface area (Å²) in [7, 11) is 0. The zero-order chi connectivity index (χ0) is 15.8. The summed E-state index contributed by atoms with van der Waals surface area (Å²) < 4.78 is 6.59. The number of fused-ring (bicyclic) bond motifs is 2. The number of H-pyrrole nitrogens is 1. The first-order chi connectivity index (χ1) is 11.2. The summed E-state index contributed by atoms with van der Waals surface area (Å²) in [4.78, 5) is 9.07. The van der Waals surface area contributed by atoms with E-state index in [-0.39, 0.29) is 0 Å². The van der Waals surface area contributed by atoms with Gasteiger partial charge in [0.1, 0.15) is 16.2 Å². The van der Waals surface area contributed by atoms with Crippen LogP contribution >= 0.6 is 24.0 Å². The van der Waals surface area contributed by atoms with Crippen molar-refractivity contribution < 1.29 is 4.74 Å². The topological polar surface area (TPSA) is 37.9 Å². The van der Waals surface area contributed by atoms with Crippen molar-refractivity contribution >= 4 is 24.0 Å². The van der Waals surface area contributed by atoms with E-state index in [4.69, 9.17) is 17.0 Å². The lowest BCUT2D eigenvalue weighted by atomic mass is 10.0. The van der Waals surface area contributed by atoms with Crippen LogP contribution in [0.1, 0.15) is 11.1 Å². The first kappa shape index (κ1) is 14.5. The predicted octanol–water partition coefficient (Wildman–Crippen LogP) is 5.22. The lowest BCUT2D eigenvalue weighted by Gasteiger charge is -2.20. The van der Waals surface area contributed by atoms with Crippen molar-refractivity contribution in [3.05, 3.63) is 64.3 Å². The van der Waals surface area contributed by atoms with Gasteiger partial charge in [-0.15, -0.1) is 11.8 Å². The van der Waals surface area contributed by atoms with Crippen LogP contribution in [0.4, 0.5) is 0 Å². The Hall–Kier alpha value is -2.11. The molecule has 5 heteroatoms. The SMILES string of the molecule is CSc1ccc(-c2nc(=S)c3c([nH]2)Oc2ccccc2C3)cc1. The summed E-state index contributed by atoms with van der Waals surface area (Å²) in [5.41, 5.74) is 3.08. The number of ether oxygens (including phenoxy) is 1. The molecule has 0 amide bonds. The highest BCUT2D eigenvalue weighted by atomic mass is 32.2. The molecule has 0 spiro atoms. The number of rotatable bonds is 2. The van der Waals surface area contributed by atoms with Gasteiger partial charge in [-0.2, -0.15) is 0 Å².